The van der Waals surface area contributed by atoms with E-state index < -0.39 is 28.5 Å². The van der Waals surface area contributed by atoms with E-state index in [1.54, 1.807) is 74.5 Å². The molecule has 0 aliphatic rings. The normalized spacial score (nSPS) is 12.0. The Kier molecular flexibility index (Phi) is 10.2. The lowest BCUT2D eigenvalue weighted by Gasteiger charge is -2.32. The van der Waals surface area contributed by atoms with E-state index in [4.69, 9.17) is 23.2 Å². The number of likely N-dealkylation sites (N-methyl/N-ethyl adjacent to an activating group) is 1. The van der Waals surface area contributed by atoms with E-state index in [0.29, 0.717) is 27.8 Å². The summed E-state index contributed by atoms with van der Waals surface area (Å²) in [6.45, 7) is 3.21. The summed E-state index contributed by atoms with van der Waals surface area (Å²) >= 11 is 14.5. The number of nitrogens with zero attached hydrogens (tertiary/aromatic N) is 2. The molecule has 2 amide bonds. The van der Waals surface area contributed by atoms with Gasteiger partial charge in [-0.05, 0) is 90.5 Å². The Hall–Kier alpha value is -2.34. The van der Waals surface area contributed by atoms with Gasteiger partial charge in [-0.25, -0.2) is 8.42 Å². The van der Waals surface area contributed by atoms with E-state index in [9.17, 15) is 18.0 Å². The van der Waals surface area contributed by atoms with Gasteiger partial charge in [0.05, 0.1) is 10.6 Å². The van der Waals surface area contributed by atoms with Crippen LogP contribution in [0, 0.1) is 3.57 Å². The van der Waals surface area contributed by atoms with Gasteiger partial charge < -0.3 is 10.2 Å². The maximum absolute atomic E-state index is 13.8. The molecule has 3 aromatic rings. The Balaban J connectivity index is 2.03. The molecule has 0 aromatic heterocycles. The Morgan fingerprint density at radius 1 is 1.00 bits per heavy atom. The van der Waals surface area contributed by atoms with E-state index in [1.807, 2.05) is 0 Å². The van der Waals surface area contributed by atoms with Crippen molar-refractivity contribution < 1.29 is 18.0 Å². The number of carbonyl (C=O) groups excluding carboxylic acids is 2. The van der Waals surface area contributed by atoms with Gasteiger partial charge in [-0.2, -0.15) is 0 Å². The minimum atomic E-state index is -4.10. The summed E-state index contributed by atoms with van der Waals surface area (Å²) < 4.78 is 29.3. The number of carbonyl (C=O) groups is 2. The van der Waals surface area contributed by atoms with Crippen molar-refractivity contribution in [3.05, 3.63) is 92.0 Å². The van der Waals surface area contributed by atoms with Crippen LogP contribution in [0.5, 0.6) is 0 Å². The maximum atomic E-state index is 13.8. The van der Waals surface area contributed by atoms with E-state index in [-0.39, 0.29) is 17.3 Å². The van der Waals surface area contributed by atoms with Crippen molar-refractivity contribution >= 4 is 73.3 Å². The predicted molar refractivity (Wildman–Crippen MR) is 155 cm³/mol. The van der Waals surface area contributed by atoms with Gasteiger partial charge in [0.15, 0.2) is 0 Å². The van der Waals surface area contributed by atoms with Crippen molar-refractivity contribution in [1.82, 2.24) is 10.2 Å². The van der Waals surface area contributed by atoms with Crippen molar-refractivity contribution in [1.29, 1.82) is 0 Å². The van der Waals surface area contributed by atoms with Gasteiger partial charge in [-0.1, -0.05) is 47.5 Å². The minimum Gasteiger partial charge on any atom is -0.355 e. The second kappa shape index (κ2) is 12.9. The first-order valence-corrected chi connectivity index (χ1v) is 14.7. The van der Waals surface area contributed by atoms with Crippen molar-refractivity contribution in [2.24, 2.45) is 0 Å². The summed E-state index contributed by atoms with van der Waals surface area (Å²) in [6, 6.07) is 18.7. The standard InChI is InChI=1S/C26H26Cl2IN3O4S/c1-3-30-26(34)18(2)31(16-19-9-10-20(27)15-24(19)28)25(33)17-32(22-13-11-21(29)12-14-22)37(35,36)23-7-5-4-6-8-23/h4-15,18H,3,16-17H2,1-2H3,(H,30,34)/t18-/m1/s1. The van der Waals surface area contributed by atoms with Crippen LogP contribution in [0.4, 0.5) is 5.69 Å². The summed E-state index contributed by atoms with van der Waals surface area (Å²) in [4.78, 5) is 27.9. The zero-order chi connectivity index (χ0) is 27.2. The number of hydrogen-bond donors (Lipinski definition) is 1. The molecule has 0 saturated heterocycles. The SMILES string of the molecule is CCNC(=O)[C@@H](C)N(Cc1ccc(Cl)cc1Cl)C(=O)CN(c1ccc(I)cc1)S(=O)(=O)c1ccccc1. The molecular weight excluding hydrogens is 648 g/mol. The molecule has 0 heterocycles. The van der Waals surface area contributed by atoms with Gasteiger partial charge in [0.2, 0.25) is 11.8 Å². The van der Waals surface area contributed by atoms with E-state index >= 15 is 0 Å². The topological polar surface area (TPSA) is 86.8 Å². The molecule has 196 valence electrons. The van der Waals surface area contributed by atoms with E-state index in [1.165, 1.54) is 17.0 Å². The van der Waals surface area contributed by atoms with Crippen LogP contribution in [-0.4, -0.2) is 44.3 Å². The van der Waals surface area contributed by atoms with E-state index in [0.717, 1.165) is 7.88 Å². The first-order chi connectivity index (χ1) is 17.5. The summed E-state index contributed by atoms with van der Waals surface area (Å²) in [6.07, 6.45) is 0. The molecule has 37 heavy (non-hydrogen) atoms. The van der Waals surface area contributed by atoms with Crippen molar-refractivity contribution in [2.45, 2.75) is 31.3 Å². The smallest absolute Gasteiger partial charge is 0.264 e. The number of sulfonamides is 1. The Morgan fingerprint density at radius 2 is 1.65 bits per heavy atom. The molecule has 0 aliphatic carbocycles. The first-order valence-electron chi connectivity index (χ1n) is 11.4. The number of amides is 2. The van der Waals surface area contributed by atoms with Gasteiger partial charge in [-0.15, -0.1) is 0 Å². The monoisotopic (exact) mass is 673 g/mol. The van der Waals surface area contributed by atoms with Crippen molar-refractivity contribution in [3.63, 3.8) is 0 Å². The molecule has 0 spiro atoms. The lowest BCUT2D eigenvalue weighted by atomic mass is 10.1. The number of rotatable bonds is 10. The number of anilines is 1. The molecule has 0 saturated carbocycles. The van der Waals surface area contributed by atoms with Crippen LogP contribution in [0.2, 0.25) is 10.0 Å². The Bertz CT molecular complexity index is 1360. The molecule has 7 nitrogen and oxygen atoms in total. The molecule has 1 atom stereocenters. The van der Waals surface area contributed by atoms with Crippen LogP contribution < -0.4 is 9.62 Å². The van der Waals surface area contributed by atoms with Gasteiger partial charge in [0.1, 0.15) is 12.6 Å². The highest BCUT2D eigenvalue weighted by Crippen LogP contribution is 2.27. The molecule has 0 radical (unpaired) electrons. The maximum Gasteiger partial charge on any atom is 0.264 e. The average Bonchev–Trinajstić information content (AvgIpc) is 2.87. The zero-order valence-corrected chi connectivity index (χ0v) is 24.7. The van der Waals surface area contributed by atoms with Crippen LogP contribution in [0.15, 0.2) is 77.7 Å². The van der Waals surface area contributed by atoms with Crippen molar-refractivity contribution in [3.8, 4) is 0 Å². The lowest BCUT2D eigenvalue weighted by molar-refractivity contribution is -0.139. The second-order valence-corrected chi connectivity index (χ2v) is 12.1. The van der Waals surface area contributed by atoms with Crippen LogP contribution in [0.1, 0.15) is 19.4 Å². The molecular formula is C26H26Cl2IN3O4S. The van der Waals surface area contributed by atoms with Crippen LogP contribution in [0.3, 0.4) is 0 Å². The summed E-state index contributed by atoms with van der Waals surface area (Å²) in [5.74, 6) is -0.935. The molecule has 0 fully saturated rings. The van der Waals surface area contributed by atoms with Crippen LogP contribution >= 0.6 is 45.8 Å². The lowest BCUT2D eigenvalue weighted by Crippen LogP contribution is -2.51. The Labute approximate surface area is 240 Å². The number of hydrogen-bond acceptors (Lipinski definition) is 4. The van der Waals surface area contributed by atoms with Gasteiger partial charge in [-0.3, -0.25) is 13.9 Å². The molecule has 3 rings (SSSR count). The van der Waals surface area contributed by atoms with Crippen LogP contribution in [0.25, 0.3) is 0 Å². The van der Waals surface area contributed by atoms with Gasteiger partial charge >= 0.3 is 0 Å². The highest BCUT2D eigenvalue weighted by molar-refractivity contribution is 14.1. The third-order valence-corrected chi connectivity index (χ3v) is 8.69. The summed E-state index contributed by atoms with van der Waals surface area (Å²) in [5, 5.41) is 3.48. The molecule has 0 unspecified atom stereocenters. The molecule has 1 N–H and O–H groups in total. The highest BCUT2D eigenvalue weighted by Gasteiger charge is 2.32. The quantitative estimate of drug-likeness (QED) is 0.294. The molecule has 11 heteroatoms. The number of benzene rings is 3. The largest absolute Gasteiger partial charge is 0.355 e. The van der Waals surface area contributed by atoms with Crippen LogP contribution in [-0.2, 0) is 26.2 Å². The fourth-order valence-electron chi connectivity index (χ4n) is 3.59. The summed E-state index contributed by atoms with van der Waals surface area (Å²) in [7, 11) is -4.10. The second-order valence-electron chi connectivity index (χ2n) is 8.13. The minimum absolute atomic E-state index is 0.0148. The average molecular weight is 674 g/mol. The summed E-state index contributed by atoms with van der Waals surface area (Å²) in [5.41, 5.74) is 0.898. The van der Waals surface area contributed by atoms with Gasteiger partial charge in [0, 0.05) is 26.7 Å². The number of halogens is 3. The van der Waals surface area contributed by atoms with Gasteiger partial charge in [0.25, 0.3) is 10.0 Å². The van der Waals surface area contributed by atoms with Crippen molar-refractivity contribution in [2.75, 3.05) is 17.4 Å². The highest BCUT2D eigenvalue weighted by atomic mass is 127. The molecule has 0 aliphatic heterocycles. The fraction of sp³-hybridized carbons (Fsp3) is 0.231. The fourth-order valence-corrected chi connectivity index (χ4v) is 5.86. The van der Waals surface area contributed by atoms with E-state index in [2.05, 4.69) is 27.9 Å². The zero-order valence-electron chi connectivity index (χ0n) is 20.2. The molecule has 3 aromatic carbocycles. The first kappa shape index (κ1) is 29.2. The third kappa shape index (κ3) is 7.37. The number of nitrogens with one attached hydrogen (secondary N) is 1. The Morgan fingerprint density at radius 3 is 2.24 bits per heavy atom. The third-order valence-electron chi connectivity index (χ3n) is 5.60. The molecule has 0 bridgehead atoms. The predicted octanol–water partition coefficient (Wildman–Crippen LogP) is 5.35.